The first-order valence-corrected chi connectivity index (χ1v) is 7.62. The van der Waals surface area contributed by atoms with E-state index in [9.17, 15) is 13.2 Å². The number of piperidine rings is 1. The zero-order valence-electron chi connectivity index (χ0n) is 11.2. The Labute approximate surface area is 109 Å². The van der Waals surface area contributed by atoms with E-state index in [0.29, 0.717) is 12.5 Å². The SMILES string of the molecule is CC(C(=O)O)S(=O)(=O)N(C)CC1CCN(C)CC1. The molecule has 7 heteroatoms. The van der Waals surface area contributed by atoms with E-state index in [2.05, 4.69) is 4.90 Å². The average molecular weight is 278 g/mol. The van der Waals surface area contributed by atoms with Gasteiger partial charge in [-0.1, -0.05) is 0 Å². The summed E-state index contributed by atoms with van der Waals surface area (Å²) in [5.74, 6) is -0.979. The van der Waals surface area contributed by atoms with E-state index in [4.69, 9.17) is 5.11 Å². The van der Waals surface area contributed by atoms with Gasteiger partial charge in [0, 0.05) is 13.6 Å². The fraction of sp³-hybridized carbons (Fsp3) is 0.909. The summed E-state index contributed by atoms with van der Waals surface area (Å²) >= 11 is 0. The summed E-state index contributed by atoms with van der Waals surface area (Å²) < 4.78 is 25.1. The van der Waals surface area contributed by atoms with Crippen molar-refractivity contribution < 1.29 is 18.3 Å². The summed E-state index contributed by atoms with van der Waals surface area (Å²) in [6.07, 6.45) is 1.91. The average Bonchev–Trinajstić information content (AvgIpc) is 2.30. The van der Waals surface area contributed by atoms with Gasteiger partial charge in [-0.25, -0.2) is 12.7 Å². The summed E-state index contributed by atoms with van der Waals surface area (Å²) in [5.41, 5.74) is 0. The molecular weight excluding hydrogens is 256 g/mol. The first-order chi connectivity index (χ1) is 8.25. The molecule has 0 amide bonds. The number of carbonyl (C=O) groups is 1. The molecule has 1 N–H and O–H groups in total. The van der Waals surface area contributed by atoms with E-state index in [0.717, 1.165) is 25.9 Å². The normalized spacial score (nSPS) is 21.1. The molecule has 0 aromatic heterocycles. The maximum atomic E-state index is 11.9. The minimum absolute atomic E-state index is 0.321. The number of likely N-dealkylation sites (tertiary alicyclic amines) is 1. The van der Waals surface area contributed by atoms with E-state index >= 15 is 0 Å². The van der Waals surface area contributed by atoms with E-state index in [1.165, 1.54) is 18.3 Å². The topological polar surface area (TPSA) is 77.9 Å². The van der Waals surface area contributed by atoms with Gasteiger partial charge in [-0.3, -0.25) is 4.79 Å². The lowest BCUT2D eigenvalue weighted by atomic mass is 9.97. The summed E-state index contributed by atoms with van der Waals surface area (Å²) in [5, 5.41) is 7.41. The van der Waals surface area contributed by atoms with Crippen molar-refractivity contribution in [3.05, 3.63) is 0 Å². The Morgan fingerprint density at radius 3 is 2.39 bits per heavy atom. The third-order valence-corrected chi connectivity index (χ3v) is 5.70. The highest BCUT2D eigenvalue weighted by molar-refractivity contribution is 7.90. The molecule has 1 fully saturated rings. The Morgan fingerprint density at radius 2 is 1.94 bits per heavy atom. The van der Waals surface area contributed by atoms with Crippen LogP contribution in [0.2, 0.25) is 0 Å². The molecule has 1 unspecified atom stereocenters. The van der Waals surface area contributed by atoms with Crippen LogP contribution in [0.15, 0.2) is 0 Å². The Bertz CT molecular complexity index is 388. The third-order valence-electron chi connectivity index (χ3n) is 3.58. The van der Waals surface area contributed by atoms with Crippen molar-refractivity contribution in [1.82, 2.24) is 9.21 Å². The van der Waals surface area contributed by atoms with Crippen molar-refractivity contribution in [2.24, 2.45) is 5.92 Å². The minimum atomic E-state index is -3.73. The molecule has 0 radical (unpaired) electrons. The summed E-state index contributed by atoms with van der Waals surface area (Å²) in [6, 6.07) is 0. The summed E-state index contributed by atoms with van der Waals surface area (Å²) in [7, 11) is -0.221. The Balaban J connectivity index is 2.59. The molecule has 1 saturated heterocycles. The minimum Gasteiger partial charge on any atom is -0.480 e. The van der Waals surface area contributed by atoms with Gasteiger partial charge in [0.1, 0.15) is 0 Å². The number of hydrogen-bond donors (Lipinski definition) is 1. The van der Waals surface area contributed by atoms with Gasteiger partial charge in [-0.2, -0.15) is 0 Å². The number of aliphatic carboxylic acids is 1. The van der Waals surface area contributed by atoms with Crippen molar-refractivity contribution in [3.63, 3.8) is 0 Å². The van der Waals surface area contributed by atoms with Gasteiger partial charge in [0.15, 0.2) is 5.25 Å². The van der Waals surface area contributed by atoms with Crippen LogP contribution in [0.1, 0.15) is 19.8 Å². The Hall–Kier alpha value is -0.660. The van der Waals surface area contributed by atoms with E-state index in [1.54, 1.807) is 0 Å². The van der Waals surface area contributed by atoms with Crippen LogP contribution in [-0.2, 0) is 14.8 Å². The van der Waals surface area contributed by atoms with Crippen LogP contribution >= 0.6 is 0 Å². The monoisotopic (exact) mass is 278 g/mol. The van der Waals surface area contributed by atoms with Gasteiger partial charge in [-0.15, -0.1) is 0 Å². The van der Waals surface area contributed by atoms with Crippen molar-refractivity contribution >= 4 is 16.0 Å². The molecule has 1 atom stereocenters. The zero-order chi connectivity index (χ0) is 13.9. The lowest BCUT2D eigenvalue weighted by Crippen LogP contribution is -2.43. The molecule has 106 valence electrons. The van der Waals surface area contributed by atoms with Crippen molar-refractivity contribution in [2.75, 3.05) is 33.7 Å². The van der Waals surface area contributed by atoms with Crippen LogP contribution in [0.3, 0.4) is 0 Å². The highest BCUT2D eigenvalue weighted by Gasteiger charge is 2.33. The largest absolute Gasteiger partial charge is 0.480 e. The second-order valence-corrected chi connectivity index (χ2v) is 7.41. The van der Waals surface area contributed by atoms with Crippen LogP contribution in [0, 0.1) is 5.92 Å². The number of carboxylic acids is 1. The van der Waals surface area contributed by atoms with Gasteiger partial charge in [-0.05, 0) is 45.8 Å². The highest BCUT2D eigenvalue weighted by atomic mass is 32.2. The van der Waals surface area contributed by atoms with Gasteiger partial charge in [0.2, 0.25) is 10.0 Å². The molecule has 1 aliphatic heterocycles. The van der Waals surface area contributed by atoms with Gasteiger partial charge < -0.3 is 10.0 Å². The first kappa shape index (κ1) is 15.4. The fourth-order valence-electron chi connectivity index (χ4n) is 2.11. The molecule has 0 aromatic rings. The Morgan fingerprint density at radius 1 is 1.44 bits per heavy atom. The van der Waals surface area contributed by atoms with Crippen LogP contribution in [0.5, 0.6) is 0 Å². The highest BCUT2D eigenvalue weighted by Crippen LogP contribution is 2.19. The van der Waals surface area contributed by atoms with E-state index < -0.39 is 21.2 Å². The van der Waals surface area contributed by atoms with Crippen LogP contribution < -0.4 is 0 Å². The number of sulfonamides is 1. The van der Waals surface area contributed by atoms with Crippen molar-refractivity contribution in [2.45, 2.75) is 25.0 Å². The second kappa shape index (κ2) is 5.99. The lowest BCUT2D eigenvalue weighted by Gasteiger charge is -2.31. The Kier molecular flexibility index (Phi) is 5.12. The van der Waals surface area contributed by atoms with Gasteiger partial charge >= 0.3 is 5.97 Å². The molecule has 0 aliphatic carbocycles. The van der Waals surface area contributed by atoms with Crippen molar-refractivity contribution in [3.8, 4) is 0 Å². The third kappa shape index (κ3) is 3.66. The predicted octanol–water partition coefficient (Wildman–Crippen LogP) is 0.0629. The van der Waals surface area contributed by atoms with E-state index in [1.807, 2.05) is 7.05 Å². The smallest absolute Gasteiger partial charge is 0.323 e. The summed E-state index contributed by atoms with van der Waals surface area (Å²) in [6.45, 7) is 3.55. The standard InChI is InChI=1S/C11H22N2O4S/c1-9(11(14)15)18(16,17)13(3)8-10-4-6-12(2)7-5-10/h9-10H,4-8H2,1-3H3,(H,14,15). The molecule has 1 rings (SSSR count). The van der Waals surface area contributed by atoms with Gasteiger partial charge in [0.05, 0.1) is 0 Å². The van der Waals surface area contributed by atoms with Crippen molar-refractivity contribution in [1.29, 1.82) is 0 Å². The number of nitrogens with zero attached hydrogens (tertiary/aromatic N) is 2. The summed E-state index contributed by atoms with van der Waals surface area (Å²) in [4.78, 5) is 13.0. The van der Waals surface area contributed by atoms with Crippen LogP contribution in [0.25, 0.3) is 0 Å². The molecule has 1 heterocycles. The van der Waals surface area contributed by atoms with Crippen LogP contribution in [-0.4, -0.2) is 67.7 Å². The molecule has 0 aromatic carbocycles. The van der Waals surface area contributed by atoms with Crippen LogP contribution in [0.4, 0.5) is 0 Å². The first-order valence-electron chi connectivity index (χ1n) is 6.11. The fourth-order valence-corrected chi connectivity index (χ4v) is 3.32. The number of rotatable bonds is 5. The quantitative estimate of drug-likeness (QED) is 0.769. The maximum absolute atomic E-state index is 11.9. The zero-order valence-corrected chi connectivity index (χ0v) is 12.0. The molecule has 0 spiro atoms. The molecule has 1 aliphatic rings. The molecule has 6 nitrogen and oxygen atoms in total. The number of carboxylic acid groups (broad SMARTS) is 1. The number of hydrogen-bond acceptors (Lipinski definition) is 4. The molecule has 0 bridgehead atoms. The maximum Gasteiger partial charge on any atom is 0.323 e. The molecule has 18 heavy (non-hydrogen) atoms. The molecular formula is C11H22N2O4S. The lowest BCUT2D eigenvalue weighted by molar-refractivity contribution is -0.136. The van der Waals surface area contributed by atoms with Gasteiger partial charge in [0.25, 0.3) is 0 Å². The molecule has 0 saturated carbocycles. The second-order valence-electron chi connectivity index (χ2n) is 5.05. The van der Waals surface area contributed by atoms with E-state index in [-0.39, 0.29) is 0 Å². The predicted molar refractivity (Wildman–Crippen MR) is 68.9 cm³/mol.